The fraction of sp³-hybridized carbons (Fsp3) is 0.0556. The van der Waals surface area contributed by atoms with Crippen molar-refractivity contribution in [1.82, 2.24) is 0 Å². The van der Waals surface area contributed by atoms with E-state index in [4.69, 9.17) is 21.8 Å². The zero-order valence-corrected chi connectivity index (χ0v) is 15.8. The number of anilines is 2. The minimum atomic E-state index is -3.91. The highest BCUT2D eigenvalue weighted by Crippen LogP contribution is 2.24. The van der Waals surface area contributed by atoms with Gasteiger partial charge in [-0.25, -0.2) is 17.8 Å². The van der Waals surface area contributed by atoms with E-state index < -0.39 is 15.8 Å². The monoisotopic (exact) mass is 420 g/mol. The van der Waals surface area contributed by atoms with E-state index >= 15 is 0 Å². The van der Waals surface area contributed by atoms with Gasteiger partial charge < -0.3 is 15.1 Å². The molecule has 1 aliphatic rings. The number of furan rings is 1. The van der Waals surface area contributed by atoms with E-state index in [0.717, 1.165) is 23.9 Å². The number of halogens is 2. The summed E-state index contributed by atoms with van der Waals surface area (Å²) in [6, 6.07) is 11.5. The quantitative estimate of drug-likeness (QED) is 0.672. The summed E-state index contributed by atoms with van der Waals surface area (Å²) in [5.41, 5.74) is 7.73. The van der Waals surface area contributed by atoms with Crippen molar-refractivity contribution in [2.45, 2.75) is 4.90 Å². The van der Waals surface area contributed by atoms with Crippen molar-refractivity contribution >= 4 is 38.8 Å². The highest BCUT2D eigenvalue weighted by atomic mass is 35.5. The van der Waals surface area contributed by atoms with Gasteiger partial charge in [0.15, 0.2) is 0 Å². The second-order valence-corrected chi connectivity index (χ2v) is 8.07. The summed E-state index contributed by atoms with van der Waals surface area (Å²) in [5, 5.41) is 0.431. The van der Waals surface area contributed by atoms with E-state index in [1.54, 1.807) is 35.2 Å². The number of hydrogen-bond acceptors (Lipinski definition) is 6. The number of nitrogens with zero attached hydrogens (tertiary/aromatic N) is 2. The van der Waals surface area contributed by atoms with Crippen molar-refractivity contribution in [2.24, 2.45) is 10.7 Å². The van der Waals surface area contributed by atoms with Crippen LogP contribution in [0.5, 0.6) is 0 Å². The van der Waals surface area contributed by atoms with Crippen LogP contribution in [0.1, 0.15) is 0 Å². The van der Waals surface area contributed by atoms with Gasteiger partial charge >= 0.3 is 0 Å². The largest absolute Gasteiger partial charge is 0.446 e. The van der Waals surface area contributed by atoms with Gasteiger partial charge in [-0.05, 0) is 48.5 Å². The Balaban J connectivity index is 1.58. The Bertz CT molecular complexity index is 1270. The molecular weight excluding hydrogens is 407 g/mol. The minimum absolute atomic E-state index is 0.136. The predicted molar refractivity (Wildman–Crippen MR) is 103 cm³/mol. The SMILES string of the molecule is NC1=c2ccoc2=NCN1c1ccc(NS(=O)(=O)c2ccc(F)c(Cl)c2)cc1. The van der Waals surface area contributed by atoms with Crippen LogP contribution in [0.4, 0.5) is 15.8 Å². The van der Waals surface area contributed by atoms with Crippen molar-refractivity contribution in [2.75, 3.05) is 16.3 Å². The Morgan fingerprint density at radius 1 is 1.18 bits per heavy atom. The Hall–Kier alpha value is -3.04. The van der Waals surface area contributed by atoms with Crippen LogP contribution < -0.4 is 26.1 Å². The first-order valence-electron chi connectivity index (χ1n) is 8.08. The molecule has 3 aromatic rings. The highest BCUT2D eigenvalue weighted by molar-refractivity contribution is 7.92. The molecule has 0 fully saturated rings. The average Bonchev–Trinajstić information content (AvgIpc) is 3.14. The Kier molecular flexibility index (Phi) is 4.48. The lowest BCUT2D eigenvalue weighted by Crippen LogP contribution is -2.42. The van der Waals surface area contributed by atoms with Gasteiger partial charge in [0.25, 0.3) is 10.0 Å². The Morgan fingerprint density at radius 2 is 1.93 bits per heavy atom. The van der Waals surface area contributed by atoms with Crippen molar-refractivity contribution in [3.8, 4) is 0 Å². The van der Waals surface area contributed by atoms with Crippen LogP contribution in [-0.4, -0.2) is 15.1 Å². The smallest absolute Gasteiger partial charge is 0.261 e. The third-order valence-electron chi connectivity index (χ3n) is 4.20. The van der Waals surface area contributed by atoms with Gasteiger partial charge in [-0.2, -0.15) is 0 Å². The summed E-state index contributed by atoms with van der Waals surface area (Å²) >= 11 is 5.67. The average molecular weight is 421 g/mol. The molecule has 7 nitrogen and oxygen atoms in total. The summed E-state index contributed by atoms with van der Waals surface area (Å²) in [6.07, 6.45) is 1.52. The summed E-state index contributed by atoms with van der Waals surface area (Å²) in [4.78, 5) is 5.94. The van der Waals surface area contributed by atoms with Gasteiger partial charge in [-0.15, -0.1) is 0 Å². The Morgan fingerprint density at radius 3 is 2.64 bits per heavy atom. The molecule has 10 heteroatoms. The predicted octanol–water partition coefficient (Wildman–Crippen LogP) is 1.99. The highest BCUT2D eigenvalue weighted by Gasteiger charge is 2.18. The molecule has 2 heterocycles. The zero-order valence-electron chi connectivity index (χ0n) is 14.3. The van der Waals surface area contributed by atoms with Gasteiger partial charge in [0.2, 0.25) is 5.55 Å². The van der Waals surface area contributed by atoms with Crippen molar-refractivity contribution < 1.29 is 17.2 Å². The molecule has 0 aliphatic carbocycles. The van der Waals surface area contributed by atoms with Gasteiger partial charge in [0.05, 0.1) is 21.4 Å². The van der Waals surface area contributed by atoms with E-state index in [2.05, 4.69) is 9.71 Å². The second kappa shape index (κ2) is 6.84. The van der Waals surface area contributed by atoms with E-state index in [9.17, 15) is 12.8 Å². The standard InChI is InChI=1S/C18H14ClFN4O3S/c19-15-9-13(5-6-16(15)20)28(25,26)23-11-1-3-12(4-2-11)24-10-22-18-14(17(24)21)7-8-27-18/h1-9,23H,10,21H2. The lowest BCUT2D eigenvalue weighted by molar-refractivity contribution is 0.500. The van der Waals surface area contributed by atoms with Crippen LogP contribution in [0.3, 0.4) is 0 Å². The molecule has 0 radical (unpaired) electrons. The molecule has 0 bridgehead atoms. The maximum atomic E-state index is 13.3. The number of hydrogen-bond donors (Lipinski definition) is 2. The molecule has 0 saturated heterocycles. The minimum Gasteiger partial charge on any atom is -0.446 e. The van der Waals surface area contributed by atoms with Gasteiger partial charge in [-0.1, -0.05) is 11.6 Å². The van der Waals surface area contributed by atoms with E-state index in [1.807, 2.05) is 0 Å². The number of benzene rings is 2. The molecule has 0 unspecified atom stereocenters. The van der Waals surface area contributed by atoms with Crippen molar-refractivity contribution in [3.05, 3.63) is 76.4 Å². The molecule has 0 amide bonds. The summed E-state index contributed by atoms with van der Waals surface area (Å²) in [6.45, 7) is 0.283. The topological polar surface area (TPSA) is 101 Å². The van der Waals surface area contributed by atoms with Gasteiger partial charge in [-0.3, -0.25) is 4.72 Å². The molecule has 0 saturated carbocycles. The lowest BCUT2D eigenvalue weighted by Gasteiger charge is -2.24. The second-order valence-electron chi connectivity index (χ2n) is 5.98. The molecule has 1 aromatic heterocycles. The first kappa shape index (κ1) is 18.3. The summed E-state index contributed by atoms with van der Waals surface area (Å²) in [7, 11) is -3.91. The first-order chi connectivity index (χ1) is 13.3. The molecule has 0 spiro atoms. The third kappa shape index (κ3) is 3.30. The van der Waals surface area contributed by atoms with E-state index in [0.29, 0.717) is 22.3 Å². The maximum absolute atomic E-state index is 13.3. The number of fused-ring (bicyclic) bond motifs is 1. The molecule has 4 rings (SSSR count). The van der Waals surface area contributed by atoms with Crippen LogP contribution in [0.15, 0.2) is 69.1 Å². The fourth-order valence-electron chi connectivity index (χ4n) is 2.76. The maximum Gasteiger partial charge on any atom is 0.261 e. The third-order valence-corrected chi connectivity index (χ3v) is 5.87. The molecule has 144 valence electrons. The zero-order chi connectivity index (χ0) is 19.9. The number of nitrogens with two attached hydrogens (primary N) is 1. The van der Waals surface area contributed by atoms with Crippen LogP contribution in [0.2, 0.25) is 5.02 Å². The number of sulfonamides is 1. The van der Waals surface area contributed by atoms with Crippen LogP contribution in [-0.2, 0) is 10.0 Å². The van der Waals surface area contributed by atoms with E-state index in [-0.39, 0.29) is 16.6 Å². The van der Waals surface area contributed by atoms with Gasteiger partial charge in [0, 0.05) is 11.4 Å². The van der Waals surface area contributed by atoms with Crippen LogP contribution in [0.25, 0.3) is 5.82 Å². The molecule has 3 N–H and O–H groups in total. The van der Waals surface area contributed by atoms with Crippen LogP contribution in [0, 0.1) is 5.82 Å². The van der Waals surface area contributed by atoms with Crippen molar-refractivity contribution in [3.63, 3.8) is 0 Å². The normalized spacial score (nSPS) is 13.8. The number of rotatable bonds is 4. The number of nitrogens with one attached hydrogen (secondary N) is 1. The molecular formula is C18H14ClFN4O3S. The molecule has 2 aromatic carbocycles. The summed E-state index contributed by atoms with van der Waals surface area (Å²) < 4.78 is 45.8. The fourth-order valence-corrected chi connectivity index (χ4v) is 4.09. The molecule has 0 atom stereocenters. The lowest BCUT2D eigenvalue weighted by atomic mass is 10.2. The van der Waals surface area contributed by atoms with Crippen LogP contribution >= 0.6 is 11.6 Å². The Labute approximate surface area is 164 Å². The van der Waals surface area contributed by atoms with Crippen molar-refractivity contribution in [1.29, 1.82) is 0 Å². The summed E-state index contributed by atoms with van der Waals surface area (Å²) in [5.74, 6) is -0.195. The molecule has 28 heavy (non-hydrogen) atoms. The van der Waals surface area contributed by atoms with E-state index in [1.165, 1.54) is 6.26 Å². The molecule has 1 aliphatic heterocycles. The first-order valence-corrected chi connectivity index (χ1v) is 9.94. The van der Waals surface area contributed by atoms with Gasteiger partial charge in [0.1, 0.15) is 18.3 Å².